The van der Waals surface area contributed by atoms with Crippen LogP contribution in [0, 0.1) is 0 Å². The first-order valence-electron chi connectivity index (χ1n) is 11.9. The van der Waals surface area contributed by atoms with Crippen molar-refractivity contribution in [2.45, 2.75) is 76.6 Å². The van der Waals surface area contributed by atoms with Crippen LogP contribution in [0.2, 0.25) is 0 Å². The second-order valence-corrected chi connectivity index (χ2v) is 9.92. The number of amides is 2. The van der Waals surface area contributed by atoms with Crippen LogP contribution in [-0.2, 0) is 30.1 Å². The first kappa shape index (κ1) is 25.7. The summed E-state index contributed by atoms with van der Waals surface area (Å²) in [6.45, 7) is 10.0. The molecule has 1 aromatic carbocycles. The van der Waals surface area contributed by atoms with Gasteiger partial charge in [-0.1, -0.05) is 30.3 Å². The molecule has 2 aliphatic heterocycles. The molecule has 0 aliphatic carbocycles. The Kier molecular flexibility index (Phi) is 8.56. The Balaban J connectivity index is 1.61. The van der Waals surface area contributed by atoms with Crippen LogP contribution >= 0.6 is 0 Å². The van der Waals surface area contributed by atoms with Crippen molar-refractivity contribution in [1.29, 1.82) is 0 Å². The normalized spacial score (nSPS) is 21.5. The molecule has 182 valence electrons. The van der Waals surface area contributed by atoms with Crippen LogP contribution in [0.3, 0.4) is 0 Å². The Morgan fingerprint density at radius 2 is 1.70 bits per heavy atom. The molecule has 0 aromatic heterocycles. The maximum absolute atomic E-state index is 12.9. The molecule has 2 saturated heterocycles. The van der Waals surface area contributed by atoms with E-state index in [1.165, 1.54) is 5.56 Å². The average Bonchev–Trinajstić information content (AvgIpc) is 3.01. The van der Waals surface area contributed by atoms with Crippen LogP contribution in [0.25, 0.3) is 0 Å². The van der Waals surface area contributed by atoms with Gasteiger partial charge in [-0.25, -0.2) is 0 Å². The standard InChI is InChI=1S/C24H38BN3O5/c1-23(2)24(3,4)33-25(32-23)20(12-8-11-18-9-6-5-7-10-18)27-22(30)19(26)17-21(29)28-13-15-31-16-14-28/h5-7,9-10,19-20H,8,11-17,26H2,1-4H3,(H,27,30)/t19-,20+/m0/s1. The van der Waals surface area contributed by atoms with E-state index in [1.54, 1.807) is 4.90 Å². The van der Waals surface area contributed by atoms with Gasteiger partial charge >= 0.3 is 7.12 Å². The second kappa shape index (κ2) is 11.0. The lowest BCUT2D eigenvalue weighted by Gasteiger charge is -2.32. The number of benzene rings is 1. The fourth-order valence-corrected chi connectivity index (χ4v) is 4.01. The van der Waals surface area contributed by atoms with E-state index < -0.39 is 24.4 Å². The van der Waals surface area contributed by atoms with Gasteiger partial charge in [0.1, 0.15) is 0 Å². The van der Waals surface area contributed by atoms with Crippen molar-refractivity contribution < 1.29 is 23.6 Å². The van der Waals surface area contributed by atoms with Crippen LogP contribution in [0.4, 0.5) is 0 Å². The van der Waals surface area contributed by atoms with Crippen molar-refractivity contribution in [3.8, 4) is 0 Å². The molecule has 2 fully saturated rings. The van der Waals surface area contributed by atoms with E-state index in [0.29, 0.717) is 32.7 Å². The molecule has 2 heterocycles. The maximum atomic E-state index is 12.9. The van der Waals surface area contributed by atoms with Crippen LogP contribution in [0.5, 0.6) is 0 Å². The van der Waals surface area contributed by atoms with Crippen LogP contribution in [0.1, 0.15) is 52.5 Å². The highest BCUT2D eigenvalue weighted by molar-refractivity contribution is 6.48. The van der Waals surface area contributed by atoms with Crippen molar-refractivity contribution in [3.63, 3.8) is 0 Å². The zero-order chi connectivity index (χ0) is 24.1. The number of carbonyl (C=O) groups excluding carboxylic acids is 2. The number of aryl methyl sites for hydroxylation is 1. The molecule has 1 aromatic rings. The maximum Gasteiger partial charge on any atom is 0.481 e. The van der Waals surface area contributed by atoms with Gasteiger partial charge in [-0.05, 0) is 52.5 Å². The molecule has 8 nitrogen and oxygen atoms in total. The third-order valence-electron chi connectivity index (χ3n) is 6.85. The van der Waals surface area contributed by atoms with Crippen LogP contribution in [0.15, 0.2) is 30.3 Å². The minimum Gasteiger partial charge on any atom is -0.402 e. The summed E-state index contributed by atoms with van der Waals surface area (Å²) in [5.74, 6) is -0.861. The predicted octanol–water partition coefficient (Wildman–Crippen LogP) is 1.70. The molecule has 0 bridgehead atoms. The molecule has 0 unspecified atom stereocenters. The number of morpholine rings is 1. The van der Waals surface area contributed by atoms with Crippen molar-refractivity contribution in [2.24, 2.45) is 5.73 Å². The molecule has 2 aliphatic rings. The van der Waals surface area contributed by atoms with Gasteiger partial charge in [-0.3, -0.25) is 9.59 Å². The molecule has 2 atom stereocenters. The van der Waals surface area contributed by atoms with Gasteiger partial charge < -0.3 is 30.0 Å². The molecule has 9 heteroatoms. The van der Waals surface area contributed by atoms with E-state index in [-0.39, 0.29) is 24.2 Å². The second-order valence-electron chi connectivity index (χ2n) is 9.92. The highest BCUT2D eigenvalue weighted by Gasteiger charge is 2.54. The van der Waals surface area contributed by atoms with Crippen LogP contribution in [-0.4, -0.2) is 73.3 Å². The number of carbonyl (C=O) groups is 2. The zero-order valence-corrected chi connectivity index (χ0v) is 20.3. The summed E-state index contributed by atoms with van der Waals surface area (Å²) < 4.78 is 17.7. The van der Waals surface area contributed by atoms with Gasteiger partial charge in [0, 0.05) is 13.1 Å². The number of hydrogen-bond acceptors (Lipinski definition) is 6. The molecular weight excluding hydrogens is 421 g/mol. The number of hydrogen-bond donors (Lipinski definition) is 2. The number of ether oxygens (including phenoxy) is 1. The van der Waals surface area contributed by atoms with E-state index >= 15 is 0 Å². The lowest BCUT2D eigenvalue weighted by molar-refractivity contribution is -0.137. The monoisotopic (exact) mass is 459 g/mol. The highest BCUT2D eigenvalue weighted by atomic mass is 16.7. The van der Waals surface area contributed by atoms with E-state index in [2.05, 4.69) is 17.4 Å². The lowest BCUT2D eigenvalue weighted by Crippen LogP contribution is -2.54. The Morgan fingerprint density at radius 1 is 1.09 bits per heavy atom. The number of nitrogens with zero attached hydrogens (tertiary/aromatic N) is 1. The molecule has 0 saturated carbocycles. The largest absolute Gasteiger partial charge is 0.481 e. The van der Waals surface area contributed by atoms with Gasteiger partial charge in [0.25, 0.3) is 0 Å². The summed E-state index contributed by atoms with van der Waals surface area (Å²) in [6, 6.07) is 9.29. The Hall–Kier alpha value is -1.94. The fourth-order valence-electron chi connectivity index (χ4n) is 4.01. The average molecular weight is 459 g/mol. The highest BCUT2D eigenvalue weighted by Crippen LogP contribution is 2.38. The van der Waals surface area contributed by atoms with Gasteiger partial charge in [0.2, 0.25) is 11.8 Å². The third kappa shape index (κ3) is 6.79. The number of nitrogens with one attached hydrogen (secondary N) is 1. The fraction of sp³-hybridized carbons (Fsp3) is 0.667. The Labute approximate surface area is 197 Å². The van der Waals surface area contributed by atoms with E-state index in [9.17, 15) is 9.59 Å². The summed E-state index contributed by atoms with van der Waals surface area (Å²) in [5, 5.41) is 3.02. The number of rotatable bonds is 9. The lowest BCUT2D eigenvalue weighted by atomic mass is 9.75. The number of nitrogens with two attached hydrogens (primary N) is 1. The SMILES string of the molecule is CC1(C)OB([C@@H](CCCc2ccccc2)NC(=O)[C@@H](N)CC(=O)N2CCOCC2)OC1(C)C. The summed E-state index contributed by atoms with van der Waals surface area (Å²) >= 11 is 0. The minimum atomic E-state index is -0.931. The Bertz CT molecular complexity index is 783. The molecular formula is C24H38BN3O5. The van der Waals surface area contributed by atoms with E-state index in [4.69, 9.17) is 19.8 Å². The molecule has 0 spiro atoms. The Morgan fingerprint density at radius 3 is 2.30 bits per heavy atom. The molecule has 3 rings (SSSR count). The summed E-state index contributed by atoms with van der Waals surface area (Å²) in [5.41, 5.74) is 6.35. The van der Waals surface area contributed by atoms with Crippen molar-refractivity contribution in [3.05, 3.63) is 35.9 Å². The van der Waals surface area contributed by atoms with Gasteiger partial charge in [0.15, 0.2) is 0 Å². The summed E-state index contributed by atoms with van der Waals surface area (Å²) in [7, 11) is -0.586. The van der Waals surface area contributed by atoms with Crippen LogP contribution < -0.4 is 11.1 Å². The zero-order valence-electron chi connectivity index (χ0n) is 20.3. The van der Waals surface area contributed by atoms with Crippen molar-refractivity contribution in [2.75, 3.05) is 26.3 Å². The topological polar surface area (TPSA) is 103 Å². The first-order valence-corrected chi connectivity index (χ1v) is 11.9. The smallest absolute Gasteiger partial charge is 0.402 e. The third-order valence-corrected chi connectivity index (χ3v) is 6.85. The molecule has 33 heavy (non-hydrogen) atoms. The summed E-state index contributed by atoms with van der Waals surface area (Å²) in [6.07, 6.45) is 2.36. The van der Waals surface area contributed by atoms with Gasteiger partial charge in [-0.2, -0.15) is 0 Å². The van der Waals surface area contributed by atoms with E-state index in [1.807, 2.05) is 45.9 Å². The first-order chi connectivity index (χ1) is 15.6. The predicted molar refractivity (Wildman–Crippen MR) is 127 cm³/mol. The van der Waals surface area contributed by atoms with Gasteiger partial charge in [0.05, 0.1) is 42.8 Å². The molecule has 3 N–H and O–H groups in total. The minimum absolute atomic E-state index is 0.0358. The quantitative estimate of drug-likeness (QED) is 0.545. The van der Waals surface area contributed by atoms with Crippen molar-refractivity contribution >= 4 is 18.9 Å². The molecule has 2 amide bonds. The van der Waals surface area contributed by atoms with Crippen molar-refractivity contribution in [1.82, 2.24) is 10.2 Å². The molecule has 0 radical (unpaired) electrons. The van der Waals surface area contributed by atoms with Gasteiger partial charge in [-0.15, -0.1) is 0 Å². The van der Waals surface area contributed by atoms with E-state index in [0.717, 1.165) is 12.8 Å². The summed E-state index contributed by atoms with van der Waals surface area (Å²) in [4.78, 5) is 27.2.